The van der Waals surface area contributed by atoms with E-state index in [9.17, 15) is 9.59 Å². The Labute approximate surface area is 235 Å². The van der Waals surface area contributed by atoms with Crippen molar-refractivity contribution in [2.75, 3.05) is 6.61 Å². The van der Waals surface area contributed by atoms with Gasteiger partial charge < -0.3 is 15.0 Å². The second-order valence-corrected chi connectivity index (χ2v) is 10.7. The standard InChI is InChI=1S/C31H34Cl2N2O3/c1-22-18-27(16-17-28(22)33)38-21-30(36)35(20-24-12-14-25(32)15-13-24)29(19-23-8-4-2-5-9-23)31(37)34-26-10-6-3-7-11-26/h2,4-5,8-9,12-18,26,29H,3,6-7,10-11,19-21H2,1H3,(H,34,37)/t29-/m0/s1. The summed E-state index contributed by atoms with van der Waals surface area (Å²) in [6.07, 6.45) is 5.75. The van der Waals surface area contributed by atoms with Gasteiger partial charge in [-0.05, 0) is 66.8 Å². The smallest absolute Gasteiger partial charge is 0.261 e. The van der Waals surface area contributed by atoms with Gasteiger partial charge >= 0.3 is 0 Å². The quantitative estimate of drug-likeness (QED) is 0.302. The number of benzene rings is 3. The maximum absolute atomic E-state index is 13.8. The Morgan fingerprint density at radius 3 is 2.34 bits per heavy atom. The van der Waals surface area contributed by atoms with Crippen molar-refractivity contribution in [3.05, 3.63) is 99.5 Å². The molecule has 4 rings (SSSR count). The fraction of sp³-hybridized carbons (Fsp3) is 0.355. The molecule has 38 heavy (non-hydrogen) atoms. The predicted molar refractivity (Wildman–Crippen MR) is 153 cm³/mol. The minimum atomic E-state index is -0.696. The van der Waals surface area contributed by atoms with E-state index in [1.54, 1.807) is 35.2 Å². The van der Waals surface area contributed by atoms with Crippen molar-refractivity contribution in [2.24, 2.45) is 0 Å². The Hall–Kier alpha value is -3.02. The summed E-state index contributed by atoms with van der Waals surface area (Å²) in [6, 6.07) is 21.9. The molecule has 0 heterocycles. The average molecular weight is 554 g/mol. The fourth-order valence-electron chi connectivity index (χ4n) is 4.82. The molecular weight excluding hydrogens is 519 g/mol. The van der Waals surface area contributed by atoms with Gasteiger partial charge in [0.25, 0.3) is 5.91 Å². The molecule has 0 unspecified atom stereocenters. The molecule has 0 saturated heterocycles. The number of aryl methyl sites for hydroxylation is 1. The summed E-state index contributed by atoms with van der Waals surface area (Å²) in [4.78, 5) is 29.2. The second-order valence-electron chi connectivity index (χ2n) is 9.90. The lowest BCUT2D eigenvalue weighted by Gasteiger charge is -2.33. The SMILES string of the molecule is Cc1cc(OCC(=O)N(Cc2ccc(Cl)cc2)[C@@H](Cc2ccccc2)C(=O)NC2CCCCC2)ccc1Cl. The maximum atomic E-state index is 13.8. The van der Waals surface area contributed by atoms with Crippen LogP contribution < -0.4 is 10.1 Å². The number of hydrogen-bond donors (Lipinski definition) is 1. The number of halogens is 2. The molecule has 1 aliphatic carbocycles. The number of nitrogens with zero attached hydrogens (tertiary/aromatic N) is 1. The summed E-state index contributed by atoms with van der Waals surface area (Å²) in [7, 11) is 0. The Bertz CT molecular complexity index is 1210. The lowest BCUT2D eigenvalue weighted by molar-refractivity contribution is -0.143. The van der Waals surface area contributed by atoms with E-state index in [-0.39, 0.29) is 31.0 Å². The highest BCUT2D eigenvalue weighted by atomic mass is 35.5. The largest absolute Gasteiger partial charge is 0.484 e. The van der Waals surface area contributed by atoms with Gasteiger partial charge in [-0.25, -0.2) is 0 Å². The van der Waals surface area contributed by atoms with Gasteiger partial charge in [0.2, 0.25) is 5.91 Å². The molecule has 7 heteroatoms. The first-order valence-electron chi connectivity index (χ1n) is 13.2. The molecule has 0 bridgehead atoms. The Kier molecular flexibility index (Phi) is 10.1. The normalized spacial score (nSPS) is 14.5. The second kappa shape index (κ2) is 13.7. The fourth-order valence-corrected chi connectivity index (χ4v) is 5.06. The van der Waals surface area contributed by atoms with Crippen molar-refractivity contribution in [1.82, 2.24) is 10.2 Å². The van der Waals surface area contributed by atoms with Crippen LogP contribution in [0.15, 0.2) is 72.8 Å². The lowest BCUT2D eigenvalue weighted by atomic mass is 9.94. The molecule has 1 saturated carbocycles. The molecule has 0 aliphatic heterocycles. The third-order valence-electron chi connectivity index (χ3n) is 6.98. The number of nitrogens with one attached hydrogen (secondary N) is 1. The molecular formula is C31H34Cl2N2O3. The highest BCUT2D eigenvalue weighted by Crippen LogP contribution is 2.23. The molecule has 1 fully saturated rings. The monoisotopic (exact) mass is 552 g/mol. The van der Waals surface area contributed by atoms with Crippen molar-refractivity contribution in [3.63, 3.8) is 0 Å². The average Bonchev–Trinajstić information content (AvgIpc) is 2.93. The van der Waals surface area contributed by atoms with Gasteiger partial charge in [0.1, 0.15) is 11.8 Å². The van der Waals surface area contributed by atoms with E-state index in [4.69, 9.17) is 27.9 Å². The van der Waals surface area contributed by atoms with Gasteiger partial charge in [0, 0.05) is 29.1 Å². The van der Waals surface area contributed by atoms with Crippen LogP contribution in [0.5, 0.6) is 5.75 Å². The van der Waals surface area contributed by atoms with E-state index in [0.717, 1.165) is 42.4 Å². The van der Waals surface area contributed by atoms with Crippen molar-refractivity contribution in [1.29, 1.82) is 0 Å². The van der Waals surface area contributed by atoms with Crippen LogP contribution in [0.4, 0.5) is 0 Å². The molecule has 3 aromatic rings. The van der Waals surface area contributed by atoms with E-state index in [0.29, 0.717) is 22.2 Å². The Balaban J connectivity index is 1.60. The molecule has 0 spiro atoms. The van der Waals surface area contributed by atoms with Crippen molar-refractivity contribution in [3.8, 4) is 5.75 Å². The van der Waals surface area contributed by atoms with Crippen LogP contribution in [0.25, 0.3) is 0 Å². The first-order valence-corrected chi connectivity index (χ1v) is 13.9. The van der Waals surface area contributed by atoms with Crippen molar-refractivity contribution >= 4 is 35.0 Å². The van der Waals surface area contributed by atoms with Crippen LogP contribution in [0, 0.1) is 6.92 Å². The van der Waals surface area contributed by atoms with Crippen LogP contribution in [0.3, 0.4) is 0 Å². The van der Waals surface area contributed by atoms with E-state index < -0.39 is 6.04 Å². The number of amides is 2. The lowest BCUT2D eigenvalue weighted by Crippen LogP contribution is -2.53. The number of hydrogen-bond acceptors (Lipinski definition) is 3. The topological polar surface area (TPSA) is 58.6 Å². The van der Waals surface area contributed by atoms with E-state index in [2.05, 4.69) is 5.32 Å². The zero-order chi connectivity index (χ0) is 26.9. The van der Waals surface area contributed by atoms with Crippen LogP contribution >= 0.6 is 23.2 Å². The van der Waals surface area contributed by atoms with Gasteiger partial charge in [-0.1, -0.05) is 84.9 Å². The van der Waals surface area contributed by atoms with Gasteiger partial charge in [0.05, 0.1) is 0 Å². The zero-order valence-electron chi connectivity index (χ0n) is 21.7. The summed E-state index contributed by atoms with van der Waals surface area (Å²) in [5.74, 6) is 0.149. The van der Waals surface area contributed by atoms with Gasteiger partial charge in [-0.2, -0.15) is 0 Å². The molecule has 2 amide bonds. The highest BCUT2D eigenvalue weighted by molar-refractivity contribution is 6.31. The predicted octanol–water partition coefficient (Wildman–Crippen LogP) is 6.77. The number of ether oxygens (including phenoxy) is 1. The number of rotatable bonds is 10. The van der Waals surface area contributed by atoms with Crippen molar-refractivity contribution < 1.29 is 14.3 Å². The van der Waals surface area contributed by atoms with Gasteiger partial charge in [-0.3, -0.25) is 9.59 Å². The Morgan fingerprint density at radius 2 is 1.66 bits per heavy atom. The molecule has 3 aromatic carbocycles. The van der Waals surface area contributed by atoms with Crippen LogP contribution in [0.1, 0.15) is 48.8 Å². The third kappa shape index (κ3) is 7.99. The van der Waals surface area contributed by atoms with E-state index >= 15 is 0 Å². The molecule has 1 aliphatic rings. The summed E-state index contributed by atoms with van der Waals surface area (Å²) < 4.78 is 5.87. The molecule has 1 atom stereocenters. The first kappa shape index (κ1) is 28.0. The summed E-state index contributed by atoms with van der Waals surface area (Å²) in [5, 5.41) is 4.50. The molecule has 5 nitrogen and oxygen atoms in total. The minimum Gasteiger partial charge on any atom is -0.484 e. The number of carbonyl (C=O) groups is 2. The van der Waals surface area contributed by atoms with Crippen molar-refractivity contribution in [2.45, 2.75) is 64.1 Å². The highest BCUT2D eigenvalue weighted by Gasteiger charge is 2.32. The Morgan fingerprint density at radius 1 is 0.947 bits per heavy atom. The molecule has 0 radical (unpaired) electrons. The molecule has 0 aromatic heterocycles. The third-order valence-corrected chi connectivity index (χ3v) is 7.66. The molecule has 1 N–H and O–H groups in total. The van der Waals surface area contributed by atoms with Gasteiger partial charge in [-0.15, -0.1) is 0 Å². The summed E-state index contributed by atoms with van der Waals surface area (Å²) in [5.41, 5.74) is 2.73. The van der Waals surface area contributed by atoms with Crippen LogP contribution in [-0.4, -0.2) is 35.4 Å². The molecule has 200 valence electrons. The van der Waals surface area contributed by atoms with Crippen LogP contribution in [0.2, 0.25) is 10.0 Å². The van der Waals surface area contributed by atoms with E-state index in [1.807, 2.05) is 49.4 Å². The van der Waals surface area contributed by atoms with Crippen LogP contribution in [-0.2, 0) is 22.6 Å². The van der Waals surface area contributed by atoms with Gasteiger partial charge in [0.15, 0.2) is 6.61 Å². The summed E-state index contributed by atoms with van der Waals surface area (Å²) in [6.45, 7) is 1.95. The zero-order valence-corrected chi connectivity index (χ0v) is 23.2. The summed E-state index contributed by atoms with van der Waals surface area (Å²) >= 11 is 12.3. The minimum absolute atomic E-state index is 0.134. The first-order chi connectivity index (χ1) is 18.4. The number of carbonyl (C=O) groups excluding carboxylic acids is 2. The maximum Gasteiger partial charge on any atom is 0.261 e. The van der Waals surface area contributed by atoms with E-state index in [1.165, 1.54) is 6.42 Å².